The van der Waals surface area contributed by atoms with Crippen LogP contribution >= 0.6 is 0 Å². The van der Waals surface area contributed by atoms with Crippen LogP contribution in [0, 0.1) is 0 Å². The normalized spacial score (nSPS) is 13.8. The molecule has 2 N–H and O–H groups in total. The van der Waals surface area contributed by atoms with E-state index in [0.717, 1.165) is 11.3 Å². The van der Waals surface area contributed by atoms with Crippen molar-refractivity contribution in [1.82, 2.24) is 20.5 Å². The molecule has 1 aromatic carbocycles. The molecule has 2 aromatic rings. The topological polar surface area (TPSA) is 121 Å². The van der Waals surface area contributed by atoms with Crippen LogP contribution in [0.2, 0.25) is 0 Å². The number of carbonyl (C=O) groups excluding carboxylic acids is 4. The second-order valence-corrected chi connectivity index (χ2v) is 8.98. The van der Waals surface area contributed by atoms with Crippen molar-refractivity contribution in [2.75, 3.05) is 44.7 Å². The average molecular weight is 522 g/mol. The SMILES string of the molecule is C=CC(=O)NCCCCC(NC(=O)Cc1ccccc1)C(=O)N1CCN(c2ccc(C(=O)OC)nc2)CC1. The predicted octanol–water partition coefficient (Wildman–Crippen LogP) is 1.72. The fourth-order valence-corrected chi connectivity index (χ4v) is 4.25. The number of unbranched alkanes of at least 4 members (excludes halogenated alkanes) is 1. The third kappa shape index (κ3) is 8.43. The Bertz CT molecular complexity index is 1100. The summed E-state index contributed by atoms with van der Waals surface area (Å²) in [6.45, 7) is 6.11. The number of esters is 1. The molecule has 1 unspecified atom stereocenters. The number of carbonyl (C=O) groups is 4. The molecule has 1 aromatic heterocycles. The van der Waals surface area contributed by atoms with E-state index >= 15 is 0 Å². The molecule has 202 valence electrons. The molecule has 2 heterocycles. The number of anilines is 1. The number of benzene rings is 1. The molecule has 10 nitrogen and oxygen atoms in total. The average Bonchev–Trinajstić information content (AvgIpc) is 2.96. The van der Waals surface area contributed by atoms with Crippen molar-refractivity contribution in [3.8, 4) is 0 Å². The zero-order valence-corrected chi connectivity index (χ0v) is 21.7. The molecular formula is C28H35N5O5. The van der Waals surface area contributed by atoms with Gasteiger partial charge in [-0.15, -0.1) is 0 Å². The highest BCUT2D eigenvalue weighted by atomic mass is 16.5. The molecule has 1 fully saturated rings. The lowest BCUT2D eigenvalue weighted by atomic mass is 10.1. The molecule has 0 aliphatic carbocycles. The number of methoxy groups -OCH3 is 1. The molecule has 1 saturated heterocycles. The molecule has 38 heavy (non-hydrogen) atoms. The van der Waals surface area contributed by atoms with Gasteiger partial charge < -0.3 is 25.2 Å². The third-order valence-corrected chi connectivity index (χ3v) is 6.34. The predicted molar refractivity (Wildman–Crippen MR) is 144 cm³/mol. The second kappa shape index (κ2) is 14.5. The van der Waals surface area contributed by atoms with Crippen LogP contribution in [0.3, 0.4) is 0 Å². The highest BCUT2D eigenvalue weighted by Crippen LogP contribution is 2.17. The van der Waals surface area contributed by atoms with Crippen LogP contribution < -0.4 is 15.5 Å². The molecule has 10 heteroatoms. The number of ether oxygens (including phenoxy) is 1. The Balaban J connectivity index is 1.57. The Morgan fingerprint density at radius 2 is 1.79 bits per heavy atom. The first-order valence-electron chi connectivity index (χ1n) is 12.7. The minimum absolute atomic E-state index is 0.111. The Labute approximate surface area is 223 Å². The van der Waals surface area contributed by atoms with E-state index in [1.54, 1.807) is 17.2 Å². The van der Waals surface area contributed by atoms with E-state index in [1.807, 2.05) is 36.4 Å². The summed E-state index contributed by atoms with van der Waals surface area (Å²) in [6.07, 6.45) is 4.86. The highest BCUT2D eigenvalue weighted by molar-refractivity contribution is 5.89. The van der Waals surface area contributed by atoms with Gasteiger partial charge in [-0.25, -0.2) is 9.78 Å². The first kappa shape index (κ1) is 28.4. The minimum atomic E-state index is -0.645. The van der Waals surface area contributed by atoms with Gasteiger partial charge in [0, 0.05) is 32.7 Å². The summed E-state index contributed by atoms with van der Waals surface area (Å²) in [4.78, 5) is 57.2. The van der Waals surface area contributed by atoms with Crippen LogP contribution in [-0.2, 0) is 25.5 Å². The smallest absolute Gasteiger partial charge is 0.356 e. The lowest BCUT2D eigenvalue weighted by Gasteiger charge is -2.37. The number of nitrogens with zero attached hydrogens (tertiary/aromatic N) is 3. The monoisotopic (exact) mass is 521 g/mol. The van der Waals surface area contributed by atoms with Gasteiger partial charge in [-0.05, 0) is 43.0 Å². The number of rotatable bonds is 12. The van der Waals surface area contributed by atoms with Crippen molar-refractivity contribution in [2.45, 2.75) is 31.7 Å². The Morgan fingerprint density at radius 3 is 2.42 bits per heavy atom. The number of amides is 3. The summed E-state index contributed by atoms with van der Waals surface area (Å²) in [5.74, 6) is -1.04. The zero-order chi connectivity index (χ0) is 27.3. The summed E-state index contributed by atoms with van der Waals surface area (Å²) in [5, 5.41) is 5.67. The number of aromatic nitrogens is 1. The molecule has 1 atom stereocenters. The summed E-state index contributed by atoms with van der Waals surface area (Å²) >= 11 is 0. The summed E-state index contributed by atoms with van der Waals surface area (Å²) in [7, 11) is 1.31. The lowest BCUT2D eigenvalue weighted by Crippen LogP contribution is -2.55. The number of hydrogen-bond donors (Lipinski definition) is 2. The fourth-order valence-electron chi connectivity index (χ4n) is 4.25. The highest BCUT2D eigenvalue weighted by Gasteiger charge is 2.28. The maximum Gasteiger partial charge on any atom is 0.356 e. The van der Waals surface area contributed by atoms with Crippen LogP contribution in [0.4, 0.5) is 5.69 Å². The van der Waals surface area contributed by atoms with Crippen molar-refractivity contribution in [1.29, 1.82) is 0 Å². The van der Waals surface area contributed by atoms with E-state index in [4.69, 9.17) is 4.74 Å². The van der Waals surface area contributed by atoms with E-state index < -0.39 is 12.0 Å². The van der Waals surface area contributed by atoms with Gasteiger partial charge >= 0.3 is 5.97 Å². The number of hydrogen-bond acceptors (Lipinski definition) is 7. The minimum Gasteiger partial charge on any atom is -0.464 e. The summed E-state index contributed by atoms with van der Waals surface area (Å²) in [6, 6.07) is 12.2. The van der Waals surface area contributed by atoms with Gasteiger partial charge in [0.25, 0.3) is 0 Å². The van der Waals surface area contributed by atoms with Crippen LogP contribution in [0.1, 0.15) is 35.3 Å². The third-order valence-electron chi connectivity index (χ3n) is 6.34. The van der Waals surface area contributed by atoms with E-state index in [2.05, 4.69) is 27.1 Å². The Hall–Kier alpha value is -4.21. The van der Waals surface area contributed by atoms with Gasteiger partial charge in [-0.3, -0.25) is 14.4 Å². The Morgan fingerprint density at radius 1 is 1.05 bits per heavy atom. The van der Waals surface area contributed by atoms with Crippen molar-refractivity contribution in [2.24, 2.45) is 0 Å². The maximum atomic E-state index is 13.4. The molecule has 1 aliphatic heterocycles. The number of piperazine rings is 1. The lowest BCUT2D eigenvalue weighted by molar-refractivity contribution is -0.136. The van der Waals surface area contributed by atoms with E-state index in [-0.39, 0.29) is 29.8 Å². The van der Waals surface area contributed by atoms with Crippen molar-refractivity contribution in [3.05, 3.63) is 72.6 Å². The molecule has 1 aliphatic rings. The zero-order valence-electron chi connectivity index (χ0n) is 21.7. The molecule has 3 amide bonds. The number of nitrogens with one attached hydrogen (secondary N) is 2. The van der Waals surface area contributed by atoms with Crippen LogP contribution in [0.15, 0.2) is 61.3 Å². The first-order valence-corrected chi connectivity index (χ1v) is 12.7. The van der Waals surface area contributed by atoms with Gasteiger partial charge in [-0.1, -0.05) is 36.9 Å². The second-order valence-electron chi connectivity index (χ2n) is 8.98. The molecule has 0 bridgehead atoms. The molecular weight excluding hydrogens is 486 g/mol. The maximum absolute atomic E-state index is 13.4. The summed E-state index contributed by atoms with van der Waals surface area (Å²) in [5.41, 5.74) is 1.98. The standard InChI is InChI=1S/C28H35N5O5/c1-3-25(34)29-14-8-7-11-23(31-26(35)19-21-9-5-4-6-10-21)27(36)33-17-15-32(16-18-33)22-12-13-24(30-20-22)28(37)38-2/h3-6,9-10,12-13,20,23H,1,7-8,11,14-19H2,2H3,(H,29,34)(H,31,35). The Kier molecular flexibility index (Phi) is 10.8. The van der Waals surface area contributed by atoms with E-state index in [9.17, 15) is 19.2 Å². The van der Waals surface area contributed by atoms with Gasteiger partial charge in [-0.2, -0.15) is 0 Å². The van der Waals surface area contributed by atoms with Crippen LogP contribution in [-0.4, -0.2) is 79.5 Å². The van der Waals surface area contributed by atoms with Crippen molar-refractivity contribution < 1.29 is 23.9 Å². The molecule has 3 rings (SSSR count). The van der Waals surface area contributed by atoms with Gasteiger partial charge in [0.05, 0.1) is 25.4 Å². The molecule has 0 spiro atoms. The van der Waals surface area contributed by atoms with Gasteiger partial charge in [0.15, 0.2) is 0 Å². The van der Waals surface area contributed by atoms with Crippen LogP contribution in [0.5, 0.6) is 0 Å². The van der Waals surface area contributed by atoms with Crippen molar-refractivity contribution >= 4 is 29.4 Å². The molecule has 0 saturated carbocycles. The first-order chi connectivity index (χ1) is 18.4. The van der Waals surface area contributed by atoms with E-state index in [0.29, 0.717) is 52.0 Å². The van der Waals surface area contributed by atoms with Gasteiger partial charge in [0.1, 0.15) is 11.7 Å². The summed E-state index contributed by atoms with van der Waals surface area (Å²) < 4.78 is 4.69. The fraction of sp³-hybridized carbons (Fsp3) is 0.393. The van der Waals surface area contributed by atoms with Crippen LogP contribution in [0.25, 0.3) is 0 Å². The largest absolute Gasteiger partial charge is 0.464 e. The number of pyridine rings is 1. The van der Waals surface area contributed by atoms with Gasteiger partial charge in [0.2, 0.25) is 17.7 Å². The van der Waals surface area contributed by atoms with E-state index in [1.165, 1.54) is 13.2 Å². The molecule has 0 radical (unpaired) electrons. The quantitative estimate of drug-likeness (QED) is 0.248. The van der Waals surface area contributed by atoms with Crippen molar-refractivity contribution in [3.63, 3.8) is 0 Å².